The molecule has 0 N–H and O–H groups in total. The van der Waals surface area contributed by atoms with Crippen molar-refractivity contribution in [1.82, 2.24) is 4.98 Å². The number of pyridine rings is 1. The Bertz CT molecular complexity index is 646. The highest BCUT2D eigenvalue weighted by atomic mass is 35.5. The van der Waals surface area contributed by atoms with E-state index in [0.717, 1.165) is 22.3 Å². The molecule has 2 aromatic heterocycles. The van der Waals surface area contributed by atoms with Crippen molar-refractivity contribution in [2.75, 3.05) is 0 Å². The molecule has 0 saturated carbocycles. The molecule has 17 heavy (non-hydrogen) atoms. The summed E-state index contributed by atoms with van der Waals surface area (Å²) < 4.78 is 0. The van der Waals surface area contributed by atoms with Gasteiger partial charge in [0.2, 0.25) is 0 Å². The molecule has 84 valence electrons. The first-order chi connectivity index (χ1) is 8.31. The summed E-state index contributed by atoms with van der Waals surface area (Å²) >= 11 is 7.76. The van der Waals surface area contributed by atoms with Crippen molar-refractivity contribution in [2.24, 2.45) is 0 Å². The van der Waals surface area contributed by atoms with Gasteiger partial charge in [0, 0.05) is 27.9 Å². The van der Waals surface area contributed by atoms with Gasteiger partial charge in [0.15, 0.2) is 0 Å². The molecule has 0 unspecified atom stereocenters. The van der Waals surface area contributed by atoms with Gasteiger partial charge in [-0.2, -0.15) is 0 Å². The Kier molecular flexibility index (Phi) is 2.83. The third kappa shape index (κ3) is 2.33. The second-order valence-electron chi connectivity index (χ2n) is 3.94. The molecular formula is C14H10ClNS. The number of benzene rings is 1. The van der Waals surface area contributed by atoms with Gasteiger partial charge in [-0.3, -0.25) is 4.98 Å². The van der Waals surface area contributed by atoms with Crippen LogP contribution in [0, 0.1) is 0 Å². The van der Waals surface area contributed by atoms with Gasteiger partial charge >= 0.3 is 0 Å². The molecule has 0 radical (unpaired) electrons. The number of aromatic nitrogens is 1. The molecular weight excluding hydrogens is 250 g/mol. The van der Waals surface area contributed by atoms with Crippen LogP contribution in [0.25, 0.3) is 10.9 Å². The van der Waals surface area contributed by atoms with Crippen molar-refractivity contribution in [3.63, 3.8) is 0 Å². The summed E-state index contributed by atoms with van der Waals surface area (Å²) in [6.45, 7) is 0. The van der Waals surface area contributed by atoms with E-state index in [0.29, 0.717) is 0 Å². The van der Waals surface area contributed by atoms with Gasteiger partial charge < -0.3 is 0 Å². The number of thiophene rings is 1. The standard InChI is InChI=1S/C14H10ClNS/c15-12-3-4-14-11(8-12)6-10(9-16-14)7-13-2-1-5-17-13/h1-6,8-9H,7H2. The lowest BCUT2D eigenvalue weighted by Gasteiger charge is -2.02. The summed E-state index contributed by atoms with van der Waals surface area (Å²) in [5, 5.41) is 3.96. The zero-order valence-corrected chi connectivity index (χ0v) is 10.6. The minimum absolute atomic E-state index is 0.757. The first-order valence-corrected chi connectivity index (χ1v) is 6.63. The molecule has 1 nitrogen and oxygen atoms in total. The van der Waals surface area contributed by atoms with Gasteiger partial charge in [-0.25, -0.2) is 0 Å². The fraction of sp³-hybridized carbons (Fsp3) is 0.0714. The van der Waals surface area contributed by atoms with E-state index >= 15 is 0 Å². The molecule has 0 fully saturated rings. The fourth-order valence-electron chi connectivity index (χ4n) is 1.86. The van der Waals surface area contributed by atoms with Crippen molar-refractivity contribution in [1.29, 1.82) is 0 Å². The number of halogens is 1. The Labute approximate surface area is 109 Å². The predicted octanol–water partition coefficient (Wildman–Crippen LogP) is 4.54. The SMILES string of the molecule is Clc1ccc2ncc(Cc3cccs3)cc2c1. The van der Waals surface area contributed by atoms with E-state index < -0.39 is 0 Å². The van der Waals surface area contributed by atoms with E-state index in [1.165, 1.54) is 10.4 Å². The number of hydrogen-bond donors (Lipinski definition) is 0. The van der Waals surface area contributed by atoms with E-state index in [-0.39, 0.29) is 0 Å². The van der Waals surface area contributed by atoms with E-state index in [2.05, 4.69) is 28.6 Å². The third-order valence-corrected chi connectivity index (χ3v) is 3.77. The number of rotatable bonds is 2. The summed E-state index contributed by atoms with van der Waals surface area (Å²) in [7, 11) is 0. The highest BCUT2D eigenvalue weighted by Crippen LogP contribution is 2.21. The zero-order chi connectivity index (χ0) is 11.7. The maximum Gasteiger partial charge on any atom is 0.0703 e. The van der Waals surface area contributed by atoms with Crippen LogP contribution in [0.15, 0.2) is 48.0 Å². The Morgan fingerprint density at radius 2 is 2.12 bits per heavy atom. The predicted molar refractivity (Wildman–Crippen MR) is 73.9 cm³/mol. The molecule has 0 spiro atoms. The molecule has 0 bridgehead atoms. The first-order valence-electron chi connectivity index (χ1n) is 5.38. The van der Waals surface area contributed by atoms with Crippen molar-refractivity contribution in [3.8, 4) is 0 Å². The Morgan fingerprint density at radius 3 is 2.94 bits per heavy atom. The normalized spacial score (nSPS) is 10.9. The highest BCUT2D eigenvalue weighted by molar-refractivity contribution is 7.09. The molecule has 3 rings (SSSR count). The van der Waals surface area contributed by atoms with Gasteiger partial charge in [-0.1, -0.05) is 17.7 Å². The molecule has 0 atom stereocenters. The molecule has 0 amide bonds. The molecule has 2 heterocycles. The van der Waals surface area contributed by atoms with Crippen LogP contribution >= 0.6 is 22.9 Å². The summed E-state index contributed by atoms with van der Waals surface area (Å²) in [6, 6.07) is 12.2. The molecule has 3 heteroatoms. The minimum Gasteiger partial charge on any atom is -0.256 e. The Morgan fingerprint density at radius 1 is 1.18 bits per heavy atom. The topological polar surface area (TPSA) is 12.9 Å². The number of fused-ring (bicyclic) bond motifs is 1. The van der Waals surface area contributed by atoms with Gasteiger partial charge in [-0.15, -0.1) is 11.3 Å². The van der Waals surface area contributed by atoms with Crippen LogP contribution in [0.4, 0.5) is 0 Å². The van der Waals surface area contributed by atoms with Crippen LogP contribution in [-0.4, -0.2) is 4.98 Å². The van der Waals surface area contributed by atoms with Crippen LogP contribution < -0.4 is 0 Å². The summed E-state index contributed by atoms with van der Waals surface area (Å²) in [5.74, 6) is 0. The number of hydrogen-bond acceptors (Lipinski definition) is 2. The van der Waals surface area contributed by atoms with Gasteiger partial charge in [-0.05, 0) is 41.3 Å². The monoisotopic (exact) mass is 259 g/mol. The lowest BCUT2D eigenvalue weighted by Crippen LogP contribution is -1.87. The van der Waals surface area contributed by atoms with E-state index in [1.54, 1.807) is 11.3 Å². The Balaban J connectivity index is 2.01. The summed E-state index contributed by atoms with van der Waals surface area (Å²) in [6.07, 6.45) is 2.88. The average Bonchev–Trinajstić information content (AvgIpc) is 2.81. The molecule has 1 aromatic carbocycles. The average molecular weight is 260 g/mol. The maximum atomic E-state index is 5.99. The van der Waals surface area contributed by atoms with Crippen LogP contribution in [0.1, 0.15) is 10.4 Å². The smallest absolute Gasteiger partial charge is 0.0703 e. The largest absolute Gasteiger partial charge is 0.256 e. The molecule has 0 aliphatic rings. The van der Waals surface area contributed by atoms with Gasteiger partial charge in [0.05, 0.1) is 5.52 Å². The second kappa shape index (κ2) is 4.47. The van der Waals surface area contributed by atoms with Crippen LogP contribution in [0.5, 0.6) is 0 Å². The summed E-state index contributed by atoms with van der Waals surface area (Å²) in [5.41, 5.74) is 2.21. The first kappa shape index (κ1) is 10.8. The van der Waals surface area contributed by atoms with Crippen LogP contribution in [-0.2, 0) is 6.42 Å². The highest BCUT2D eigenvalue weighted by Gasteiger charge is 2.01. The molecule has 3 aromatic rings. The van der Waals surface area contributed by atoms with Crippen molar-refractivity contribution in [2.45, 2.75) is 6.42 Å². The Hall–Kier alpha value is -1.38. The lowest BCUT2D eigenvalue weighted by atomic mass is 10.1. The maximum absolute atomic E-state index is 5.99. The zero-order valence-electron chi connectivity index (χ0n) is 9.06. The number of nitrogens with zero attached hydrogens (tertiary/aromatic N) is 1. The fourth-order valence-corrected chi connectivity index (χ4v) is 2.78. The van der Waals surface area contributed by atoms with Crippen LogP contribution in [0.2, 0.25) is 5.02 Å². The van der Waals surface area contributed by atoms with Gasteiger partial charge in [0.25, 0.3) is 0 Å². The van der Waals surface area contributed by atoms with E-state index in [1.807, 2.05) is 24.4 Å². The van der Waals surface area contributed by atoms with E-state index in [4.69, 9.17) is 11.6 Å². The van der Waals surface area contributed by atoms with Crippen molar-refractivity contribution < 1.29 is 0 Å². The van der Waals surface area contributed by atoms with Gasteiger partial charge in [0.1, 0.15) is 0 Å². The van der Waals surface area contributed by atoms with E-state index in [9.17, 15) is 0 Å². The molecule has 0 saturated heterocycles. The lowest BCUT2D eigenvalue weighted by molar-refractivity contribution is 1.20. The van der Waals surface area contributed by atoms with Crippen molar-refractivity contribution >= 4 is 33.8 Å². The molecule has 0 aliphatic heterocycles. The second-order valence-corrected chi connectivity index (χ2v) is 5.41. The quantitative estimate of drug-likeness (QED) is 0.658. The third-order valence-electron chi connectivity index (χ3n) is 2.66. The molecule has 0 aliphatic carbocycles. The van der Waals surface area contributed by atoms with Crippen LogP contribution in [0.3, 0.4) is 0 Å². The summed E-state index contributed by atoms with van der Waals surface area (Å²) in [4.78, 5) is 5.80. The minimum atomic E-state index is 0.757. The van der Waals surface area contributed by atoms with Crippen molar-refractivity contribution in [3.05, 3.63) is 63.4 Å².